The van der Waals surface area contributed by atoms with Gasteiger partial charge < -0.3 is 4.90 Å². The highest BCUT2D eigenvalue weighted by Gasteiger charge is 2.20. The summed E-state index contributed by atoms with van der Waals surface area (Å²) < 4.78 is 2.48. The van der Waals surface area contributed by atoms with Gasteiger partial charge in [0, 0.05) is 24.8 Å². The van der Waals surface area contributed by atoms with Crippen LogP contribution in [-0.2, 0) is 0 Å². The number of rotatable bonds is 2. The minimum absolute atomic E-state index is 0.628. The average molecular weight is 278 g/mol. The lowest BCUT2D eigenvalue weighted by atomic mass is 10.0. The van der Waals surface area contributed by atoms with Gasteiger partial charge in [-0.1, -0.05) is 42.7 Å². The molecule has 1 fully saturated rings. The maximum absolute atomic E-state index is 2.51. The van der Waals surface area contributed by atoms with E-state index in [4.69, 9.17) is 0 Å². The van der Waals surface area contributed by atoms with Gasteiger partial charge in [0.05, 0.1) is 5.88 Å². The number of hydrogen-bond donors (Lipinski definition) is 0. The lowest BCUT2D eigenvalue weighted by molar-refractivity contribution is 0.295. The van der Waals surface area contributed by atoms with E-state index >= 15 is 0 Å². The zero-order valence-electron chi connectivity index (χ0n) is 12.6. The standard InChI is InChI=1S/C16H26N2S/c1-13(2)18-10-9-17(12-19-18)16-8-7-14(3)5-6-15(4)11-16/h5,7-8,11,13,15H,6,9-10,12H2,1-4H3/b8-7-,14-5-,16-11-. The lowest BCUT2D eigenvalue weighted by Gasteiger charge is -2.38. The van der Waals surface area contributed by atoms with E-state index in [2.05, 4.69) is 61.2 Å². The van der Waals surface area contributed by atoms with Gasteiger partial charge in [0.2, 0.25) is 0 Å². The molecule has 3 heteroatoms. The molecule has 0 saturated carbocycles. The van der Waals surface area contributed by atoms with Crippen molar-refractivity contribution in [3.63, 3.8) is 0 Å². The zero-order valence-corrected chi connectivity index (χ0v) is 13.4. The Kier molecular flexibility index (Phi) is 5.17. The van der Waals surface area contributed by atoms with Crippen LogP contribution in [0.5, 0.6) is 0 Å². The van der Waals surface area contributed by atoms with Gasteiger partial charge in [0.1, 0.15) is 0 Å². The van der Waals surface area contributed by atoms with Crippen molar-refractivity contribution in [1.29, 1.82) is 0 Å². The largest absolute Gasteiger partial charge is 0.360 e. The van der Waals surface area contributed by atoms with Gasteiger partial charge in [0.25, 0.3) is 0 Å². The summed E-state index contributed by atoms with van der Waals surface area (Å²) in [5.41, 5.74) is 2.78. The third kappa shape index (κ3) is 4.15. The zero-order chi connectivity index (χ0) is 13.8. The van der Waals surface area contributed by atoms with Crippen LogP contribution in [0.2, 0.25) is 0 Å². The van der Waals surface area contributed by atoms with Gasteiger partial charge in [-0.25, -0.2) is 4.31 Å². The Morgan fingerprint density at radius 1 is 1.26 bits per heavy atom. The molecule has 0 bridgehead atoms. The molecule has 106 valence electrons. The Labute approximate surface area is 122 Å². The smallest absolute Gasteiger partial charge is 0.0786 e. The van der Waals surface area contributed by atoms with Crippen LogP contribution in [0, 0.1) is 5.92 Å². The summed E-state index contributed by atoms with van der Waals surface area (Å²) in [6, 6.07) is 0.637. The van der Waals surface area contributed by atoms with Gasteiger partial charge in [-0.3, -0.25) is 0 Å². The molecule has 0 radical (unpaired) electrons. The molecule has 2 aliphatic rings. The molecule has 1 atom stereocenters. The quantitative estimate of drug-likeness (QED) is 0.704. The highest BCUT2D eigenvalue weighted by atomic mass is 32.2. The first-order valence-electron chi connectivity index (χ1n) is 7.27. The predicted molar refractivity (Wildman–Crippen MR) is 85.8 cm³/mol. The van der Waals surface area contributed by atoms with Gasteiger partial charge in [-0.05, 0) is 39.2 Å². The number of nitrogens with zero attached hydrogens (tertiary/aromatic N) is 2. The van der Waals surface area contributed by atoms with E-state index in [1.807, 2.05) is 11.9 Å². The molecule has 0 spiro atoms. The van der Waals surface area contributed by atoms with Crippen molar-refractivity contribution >= 4 is 11.9 Å². The third-order valence-corrected chi connectivity index (χ3v) is 5.06. The molecule has 1 saturated heterocycles. The molecule has 19 heavy (non-hydrogen) atoms. The molecule has 1 aliphatic heterocycles. The Hall–Kier alpha value is -0.670. The Bertz CT molecular complexity index is 388. The second kappa shape index (κ2) is 6.67. The van der Waals surface area contributed by atoms with Crippen molar-refractivity contribution in [3.05, 3.63) is 35.6 Å². The predicted octanol–water partition coefficient (Wildman–Crippen LogP) is 4.04. The molecular formula is C16H26N2S. The van der Waals surface area contributed by atoms with Gasteiger partial charge in [-0.2, -0.15) is 0 Å². The minimum Gasteiger partial charge on any atom is -0.360 e. The topological polar surface area (TPSA) is 6.48 Å². The molecule has 0 N–H and O–H groups in total. The minimum atomic E-state index is 0.628. The van der Waals surface area contributed by atoms with Crippen molar-refractivity contribution in [2.75, 3.05) is 19.0 Å². The highest BCUT2D eigenvalue weighted by molar-refractivity contribution is 7.97. The van der Waals surface area contributed by atoms with E-state index < -0.39 is 0 Å². The summed E-state index contributed by atoms with van der Waals surface area (Å²) in [6.07, 6.45) is 10.4. The first kappa shape index (κ1) is 14.7. The van der Waals surface area contributed by atoms with Crippen LogP contribution in [-0.4, -0.2) is 34.2 Å². The van der Waals surface area contributed by atoms with E-state index in [1.165, 1.54) is 11.3 Å². The molecule has 1 aliphatic carbocycles. The molecule has 1 heterocycles. The van der Waals surface area contributed by atoms with Crippen LogP contribution in [0.4, 0.5) is 0 Å². The molecule has 0 aromatic carbocycles. The highest BCUT2D eigenvalue weighted by Crippen LogP contribution is 2.26. The SMILES string of the molecule is CC1=C/CC(C)/C=C(N2CCN(C(C)C)SC2)/C=C\1. The van der Waals surface area contributed by atoms with Crippen molar-refractivity contribution in [1.82, 2.24) is 9.21 Å². The van der Waals surface area contributed by atoms with Crippen LogP contribution >= 0.6 is 11.9 Å². The second-order valence-electron chi connectivity index (χ2n) is 5.84. The van der Waals surface area contributed by atoms with Gasteiger partial charge in [-0.15, -0.1) is 0 Å². The first-order valence-corrected chi connectivity index (χ1v) is 8.21. The fourth-order valence-corrected chi connectivity index (χ4v) is 3.46. The molecule has 0 aromatic rings. The summed E-state index contributed by atoms with van der Waals surface area (Å²) >= 11 is 1.96. The molecule has 2 nitrogen and oxygen atoms in total. The molecule has 2 rings (SSSR count). The third-order valence-electron chi connectivity index (χ3n) is 3.69. The van der Waals surface area contributed by atoms with Crippen molar-refractivity contribution in [2.24, 2.45) is 5.92 Å². The second-order valence-corrected chi connectivity index (χ2v) is 6.83. The van der Waals surface area contributed by atoms with Crippen molar-refractivity contribution in [3.8, 4) is 0 Å². The average Bonchev–Trinajstić information content (AvgIpc) is 2.39. The van der Waals surface area contributed by atoms with Crippen LogP contribution in [0.3, 0.4) is 0 Å². The summed E-state index contributed by atoms with van der Waals surface area (Å²) in [5.74, 6) is 1.70. The molecule has 1 unspecified atom stereocenters. The summed E-state index contributed by atoms with van der Waals surface area (Å²) in [7, 11) is 0. The monoisotopic (exact) mass is 278 g/mol. The van der Waals surface area contributed by atoms with Crippen molar-refractivity contribution < 1.29 is 0 Å². The van der Waals surface area contributed by atoms with Crippen LogP contribution in [0.25, 0.3) is 0 Å². The van der Waals surface area contributed by atoms with E-state index in [9.17, 15) is 0 Å². The summed E-state index contributed by atoms with van der Waals surface area (Å²) in [4.78, 5) is 2.51. The Balaban J connectivity index is 2.03. The molecule has 0 amide bonds. The van der Waals surface area contributed by atoms with Crippen LogP contribution in [0.1, 0.15) is 34.1 Å². The van der Waals surface area contributed by atoms with E-state index in [-0.39, 0.29) is 0 Å². The Morgan fingerprint density at radius 2 is 2.05 bits per heavy atom. The fraction of sp³-hybridized carbons (Fsp3) is 0.625. The Morgan fingerprint density at radius 3 is 2.68 bits per heavy atom. The maximum Gasteiger partial charge on any atom is 0.0786 e. The van der Waals surface area contributed by atoms with Gasteiger partial charge >= 0.3 is 0 Å². The van der Waals surface area contributed by atoms with Crippen LogP contribution in [0.15, 0.2) is 35.6 Å². The van der Waals surface area contributed by atoms with Crippen LogP contribution < -0.4 is 0 Å². The van der Waals surface area contributed by atoms with E-state index in [0.29, 0.717) is 12.0 Å². The first-order chi connectivity index (χ1) is 9.06. The molecule has 0 aromatic heterocycles. The van der Waals surface area contributed by atoms with E-state index in [0.717, 1.165) is 25.4 Å². The van der Waals surface area contributed by atoms with E-state index in [1.54, 1.807) is 0 Å². The molecular weight excluding hydrogens is 252 g/mol. The fourth-order valence-electron chi connectivity index (χ4n) is 2.39. The maximum atomic E-state index is 2.51. The van der Waals surface area contributed by atoms with Crippen molar-refractivity contribution in [2.45, 2.75) is 40.2 Å². The number of allylic oxidation sites excluding steroid dienone is 5. The normalized spacial score (nSPS) is 33.1. The summed E-state index contributed by atoms with van der Waals surface area (Å²) in [6.45, 7) is 11.3. The van der Waals surface area contributed by atoms with Gasteiger partial charge in [0.15, 0.2) is 0 Å². The summed E-state index contributed by atoms with van der Waals surface area (Å²) in [5, 5.41) is 0. The lowest BCUT2D eigenvalue weighted by Crippen LogP contribution is -2.40. The number of hydrogen-bond acceptors (Lipinski definition) is 3.